The van der Waals surface area contributed by atoms with Crippen LogP contribution in [0.2, 0.25) is 5.02 Å². The van der Waals surface area contributed by atoms with E-state index in [1.54, 1.807) is 25.3 Å². The lowest BCUT2D eigenvalue weighted by molar-refractivity contribution is 0.0937. The second-order valence-corrected chi connectivity index (χ2v) is 7.25. The molecule has 3 aromatic rings. The van der Waals surface area contributed by atoms with Gasteiger partial charge in [0.05, 0.1) is 22.1 Å². The first-order valence-electron chi connectivity index (χ1n) is 8.61. The van der Waals surface area contributed by atoms with E-state index in [4.69, 9.17) is 16.3 Å². The van der Waals surface area contributed by atoms with Gasteiger partial charge < -0.3 is 15.4 Å². The van der Waals surface area contributed by atoms with E-state index in [-0.39, 0.29) is 16.8 Å². The Bertz CT molecular complexity index is 973. The lowest BCUT2D eigenvalue weighted by Gasteiger charge is -2.10. The van der Waals surface area contributed by atoms with Gasteiger partial charge in [-0.2, -0.15) is 0 Å². The van der Waals surface area contributed by atoms with E-state index in [9.17, 15) is 9.59 Å². The van der Waals surface area contributed by atoms with Gasteiger partial charge in [-0.15, -0.1) is 11.3 Å². The normalized spacial score (nSPS) is 10.5. The van der Waals surface area contributed by atoms with Crippen LogP contribution in [0.5, 0.6) is 0 Å². The fraction of sp³-hybridized carbons (Fsp3) is 0.143. The molecule has 144 valence electrons. The first-order chi connectivity index (χ1) is 13.6. The van der Waals surface area contributed by atoms with Crippen LogP contribution in [0.1, 0.15) is 20.0 Å². The smallest absolute Gasteiger partial charge is 0.266 e. The number of benzene rings is 2. The number of nitrogens with one attached hydrogen (secondary N) is 2. The van der Waals surface area contributed by atoms with Crippen molar-refractivity contribution >= 4 is 40.4 Å². The van der Waals surface area contributed by atoms with Gasteiger partial charge in [0.15, 0.2) is 0 Å². The molecule has 0 fully saturated rings. The van der Waals surface area contributed by atoms with E-state index in [0.717, 1.165) is 11.1 Å². The molecule has 0 spiro atoms. The number of carbonyl (C=O) groups excluding carboxylic acids is 2. The molecule has 0 radical (unpaired) electrons. The molecule has 0 atom stereocenters. The molecule has 5 nitrogen and oxygen atoms in total. The highest BCUT2D eigenvalue weighted by molar-refractivity contribution is 7.12. The molecule has 2 amide bonds. The number of halogens is 1. The molecule has 0 saturated carbocycles. The number of methoxy groups -OCH3 is 1. The van der Waals surface area contributed by atoms with Crippen molar-refractivity contribution in [2.75, 3.05) is 25.6 Å². The van der Waals surface area contributed by atoms with Crippen LogP contribution in [0, 0.1) is 0 Å². The van der Waals surface area contributed by atoms with Crippen molar-refractivity contribution in [3.05, 3.63) is 75.4 Å². The van der Waals surface area contributed by atoms with Crippen molar-refractivity contribution in [2.45, 2.75) is 0 Å². The Balaban J connectivity index is 1.73. The first kappa shape index (κ1) is 20.1. The molecule has 0 aliphatic heterocycles. The Labute approximate surface area is 172 Å². The minimum absolute atomic E-state index is 0.220. The molecule has 1 aromatic heterocycles. The summed E-state index contributed by atoms with van der Waals surface area (Å²) >= 11 is 7.61. The second-order valence-electron chi connectivity index (χ2n) is 5.93. The van der Waals surface area contributed by atoms with Crippen LogP contribution < -0.4 is 10.6 Å². The Morgan fingerprint density at radius 2 is 1.86 bits per heavy atom. The summed E-state index contributed by atoms with van der Waals surface area (Å²) in [6.07, 6.45) is 0. The van der Waals surface area contributed by atoms with Crippen LogP contribution in [0.25, 0.3) is 11.1 Å². The molecular weight excluding hydrogens is 396 g/mol. The summed E-state index contributed by atoms with van der Waals surface area (Å²) in [7, 11) is 1.56. The molecule has 2 aromatic carbocycles. The molecule has 0 saturated heterocycles. The third-order valence-corrected chi connectivity index (χ3v) is 5.25. The highest BCUT2D eigenvalue weighted by atomic mass is 35.5. The molecule has 2 N–H and O–H groups in total. The Morgan fingerprint density at radius 3 is 2.57 bits per heavy atom. The lowest BCUT2D eigenvalue weighted by Crippen LogP contribution is -2.27. The zero-order valence-corrected chi connectivity index (χ0v) is 16.8. The third-order valence-electron chi connectivity index (χ3n) is 4.02. The quantitative estimate of drug-likeness (QED) is 0.551. The Morgan fingerprint density at radius 1 is 1.07 bits per heavy atom. The number of carbonyl (C=O) groups is 2. The van der Waals surface area contributed by atoms with E-state index in [0.29, 0.717) is 29.3 Å². The second kappa shape index (κ2) is 9.50. The summed E-state index contributed by atoms with van der Waals surface area (Å²) < 4.78 is 4.90. The average molecular weight is 415 g/mol. The maximum absolute atomic E-state index is 12.7. The van der Waals surface area contributed by atoms with Gasteiger partial charge in [0, 0.05) is 24.9 Å². The molecule has 3 rings (SSSR count). The molecule has 28 heavy (non-hydrogen) atoms. The molecule has 0 bridgehead atoms. The molecular formula is C21H19ClN2O3S. The summed E-state index contributed by atoms with van der Waals surface area (Å²) in [4.78, 5) is 25.5. The highest BCUT2D eigenvalue weighted by Gasteiger charge is 2.16. The predicted octanol–water partition coefficient (Wildman–Crippen LogP) is 4.70. The maximum atomic E-state index is 12.7. The van der Waals surface area contributed by atoms with Crippen molar-refractivity contribution in [3.8, 4) is 11.1 Å². The average Bonchev–Trinajstić information content (AvgIpc) is 3.19. The molecule has 0 aliphatic carbocycles. The van der Waals surface area contributed by atoms with Crippen molar-refractivity contribution < 1.29 is 14.3 Å². The van der Waals surface area contributed by atoms with Crippen LogP contribution in [0.4, 0.5) is 5.69 Å². The maximum Gasteiger partial charge on any atom is 0.266 e. The van der Waals surface area contributed by atoms with E-state index in [1.807, 2.05) is 41.8 Å². The number of hydrogen-bond acceptors (Lipinski definition) is 4. The van der Waals surface area contributed by atoms with Gasteiger partial charge in [0.1, 0.15) is 0 Å². The summed E-state index contributed by atoms with van der Waals surface area (Å²) in [5.41, 5.74) is 2.73. The number of rotatable bonds is 7. The zero-order chi connectivity index (χ0) is 19.9. The molecule has 0 unspecified atom stereocenters. The first-order valence-corrected chi connectivity index (χ1v) is 9.87. The molecule has 0 aliphatic rings. The van der Waals surface area contributed by atoms with Crippen molar-refractivity contribution in [2.24, 2.45) is 0 Å². The van der Waals surface area contributed by atoms with Crippen molar-refractivity contribution in [3.63, 3.8) is 0 Å². The third kappa shape index (κ3) is 4.78. The van der Waals surface area contributed by atoms with Gasteiger partial charge in [-0.25, -0.2) is 0 Å². The molecule has 7 heteroatoms. The summed E-state index contributed by atoms with van der Waals surface area (Å²) in [5.74, 6) is -0.508. The van der Waals surface area contributed by atoms with Crippen LogP contribution >= 0.6 is 22.9 Å². The fourth-order valence-corrected chi connectivity index (χ4v) is 3.73. The zero-order valence-electron chi connectivity index (χ0n) is 15.2. The van der Waals surface area contributed by atoms with E-state index in [2.05, 4.69) is 10.6 Å². The topological polar surface area (TPSA) is 67.4 Å². The van der Waals surface area contributed by atoms with E-state index < -0.39 is 0 Å². The number of anilines is 1. The minimum Gasteiger partial charge on any atom is -0.383 e. The van der Waals surface area contributed by atoms with Crippen molar-refractivity contribution in [1.29, 1.82) is 0 Å². The van der Waals surface area contributed by atoms with Crippen LogP contribution in [-0.2, 0) is 4.74 Å². The number of thiophene rings is 1. The van der Waals surface area contributed by atoms with Crippen molar-refractivity contribution in [1.82, 2.24) is 5.32 Å². The van der Waals surface area contributed by atoms with Gasteiger partial charge in [-0.05, 0) is 35.2 Å². The predicted molar refractivity (Wildman–Crippen MR) is 113 cm³/mol. The summed E-state index contributed by atoms with van der Waals surface area (Å²) in [6.45, 7) is 0.812. The standard InChI is InChI=1S/C21H19ClN2O3S/c1-27-11-10-23-20(25)17-8-7-15(13-18(17)22)24-21(26)19-16(9-12-28-19)14-5-3-2-4-6-14/h2-9,12-13H,10-11H2,1H3,(H,23,25)(H,24,26). The number of amides is 2. The van der Waals surface area contributed by atoms with E-state index in [1.165, 1.54) is 11.3 Å². The van der Waals surface area contributed by atoms with Crippen LogP contribution in [-0.4, -0.2) is 32.1 Å². The van der Waals surface area contributed by atoms with Gasteiger partial charge in [0.2, 0.25) is 0 Å². The Hall–Kier alpha value is -2.67. The molecule has 1 heterocycles. The van der Waals surface area contributed by atoms with E-state index >= 15 is 0 Å². The highest BCUT2D eigenvalue weighted by Crippen LogP contribution is 2.29. The van der Waals surface area contributed by atoms with Crippen LogP contribution in [0.15, 0.2) is 60.0 Å². The van der Waals surface area contributed by atoms with Gasteiger partial charge in [0.25, 0.3) is 11.8 Å². The monoisotopic (exact) mass is 414 g/mol. The summed E-state index contributed by atoms with van der Waals surface area (Å²) in [5, 5.41) is 7.72. The Kier molecular flexibility index (Phi) is 6.81. The largest absolute Gasteiger partial charge is 0.383 e. The minimum atomic E-state index is -0.287. The van der Waals surface area contributed by atoms with Crippen LogP contribution in [0.3, 0.4) is 0 Å². The number of ether oxygens (including phenoxy) is 1. The fourth-order valence-electron chi connectivity index (χ4n) is 2.66. The lowest BCUT2D eigenvalue weighted by atomic mass is 10.1. The van der Waals surface area contributed by atoms with Gasteiger partial charge in [-0.1, -0.05) is 41.9 Å². The van der Waals surface area contributed by atoms with Gasteiger partial charge >= 0.3 is 0 Å². The van der Waals surface area contributed by atoms with Gasteiger partial charge in [-0.3, -0.25) is 9.59 Å². The number of hydrogen-bond donors (Lipinski definition) is 2. The summed E-state index contributed by atoms with van der Waals surface area (Å²) in [6, 6.07) is 16.5. The SMILES string of the molecule is COCCNC(=O)c1ccc(NC(=O)c2sccc2-c2ccccc2)cc1Cl.